The number of hydrogen-bond acceptors (Lipinski definition) is 1. The molecule has 1 atom stereocenters. The average molecular weight is 336 g/mol. The molecule has 0 N–H and O–H groups in total. The van der Waals surface area contributed by atoms with Crippen LogP contribution < -0.4 is 0 Å². The van der Waals surface area contributed by atoms with Gasteiger partial charge in [0.1, 0.15) is 0 Å². The van der Waals surface area contributed by atoms with Gasteiger partial charge in [0.15, 0.2) is 0 Å². The number of halogens is 1. The quantitative estimate of drug-likeness (QED) is 0.594. The Balaban J connectivity index is 1.89. The van der Waals surface area contributed by atoms with Gasteiger partial charge < -0.3 is 0 Å². The van der Waals surface area contributed by atoms with Crippen molar-refractivity contribution in [2.75, 3.05) is 6.54 Å². The smallest absolute Gasteiger partial charge is 0.0414 e. The van der Waals surface area contributed by atoms with Crippen molar-refractivity contribution < 1.29 is 0 Å². The van der Waals surface area contributed by atoms with Crippen LogP contribution in [0.25, 0.3) is 0 Å². The first-order valence-electron chi connectivity index (χ1n) is 7.94. The van der Waals surface area contributed by atoms with E-state index in [-0.39, 0.29) is 0 Å². The van der Waals surface area contributed by atoms with Crippen LogP contribution >= 0.6 is 15.9 Å². The minimum atomic E-state index is 0.594. The van der Waals surface area contributed by atoms with Crippen LogP contribution in [0, 0.1) is 0 Å². The van der Waals surface area contributed by atoms with Crippen LogP contribution in [0.1, 0.15) is 51.0 Å². The Labute approximate surface area is 132 Å². The van der Waals surface area contributed by atoms with E-state index in [1.165, 1.54) is 55.1 Å². The molecule has 0 aliphatic carbocycles. The van der Waals surface area contributed by atoms with Crippen molar-refractivity contribution in [3.8, 4) is 0 Å². The molecule has 2 heteroatoms. The monoisotopic (exact) mass is 335 g/mol. The lowest BCUT2D eigenvalue weighted by Crippen LogP contribution is -2.29. The highest BCUT2D eigenvalue weighted by molar-refractivity contribution is 9.11. The van der Waals surface area contributed by atoms with Crippen LogP contribution in [0.4, 0.5) is 0 Å². The molecule has 1 nitrogen and oxygen atoms in total. The number of rotatable bonds is 7. The summed E-state index contributed by atoms with van der Waals surface area (Å²) in [6.07, 6.45) is 10.2. The zero-order chi connectivity index (χ0) is 14.2. The van der Waals surface area contributed by atoms with Gasteiger partial charge in [0.2, 0.25) is 0 Å². The lowest BCUT2D eigenvalue weighted by Gasteiger charge is -2.24. The summed E-state index contributed by atoms with van der Waals surface area (Å²) >= 11 is 3.83. The van der Waals surface area contributed by atoms with Crippen molar-refractivity contribution in [2.45, 2.75) is 58.0 Å². The van der Waals surface area contributed by atoms with E-state index in [9.17, 15) is 0 Å². The van der Waals surface area contributed by atoms with Gasteiger partial charge in [0, 0.05) is 17.1 Å². The molecule has 0 aromatic heterocycles. The molecule has 110 valence electrons. The summed E-state index contributed by atoms with van der Waals surface area (Å²) in [6.45, 7) is 4.55. The predicted octanol–water partition coefficient (Wildman–Crippen LogP) is 5.51. The Kier molecular flexibility index (Phi) is 6.81. The third-order valence-electron chi connectivity index (χ3n) is 4.06. The minimum Gasteiger partial charge on any atom is -0.292 e. The number of unbranched alkanes of at least 4 members (excludes halogenated alkanes) is 3. The SMILES string of the molecule is CCCCC/C=C(/Br)C1CCCN1Cc1ccccc1. The lowest BCUT2D eigenvalue weighted by molar-refractivity contribution is 0.279. The molecule has 0 bridgehead atoms. The van der Waals surface area contributed by atoms with Gasteiger partial charge in [-0.2, -0.15) is 0 Å². The Bertz CT molecular complexity index is 413. The Hall–Kier alpha value is -0.600. The fraction of sp³-hybridized carbons (Fsp3) is 0.556. The fourth-order valence-corrected chi connectivity index (χ4v) is 3.66. The summed E-state index contributed by atoms with van der Waals surface area (Å²) in [5.74, 6) is 0. The Morgan fingerprint density at radius 3 is 2.85 bits per heavy atom. The van der Waals surface area contributed by atoms with Gasteiger partial charge in [-0.3, -0.25) is 4.90 Å². The van der Waals surface area contributed by atoms with Crippen molar-refractivity contribution in [2.24, 2.45) is 0 Å². The third kappa shape index (κ3) is 4.75. The molecule has 1 aromatic rings. The normalized spacial score (nSPS) is 20.5. The number of hydrogen-bond donors (Lipinski definition) is 0. The maximum Gasteiger partial charge on any atom is 0.0414 e. The second kappa shape index (κ2) is 8.63. The van der Waals surface area contributed by atoms with Crippen molar-refractivity contribution in [1.82, 2.24) is 4.90 Å². The van der Waals surface area contributed by atoms with Crippen LogP contribution in [0.5, 0.6) is 0 Å². The van der Waals surface area contributed by atoms with E-state index < -0.39 is 0 Å². The number of allylic oxidation sites excluding steroid dienone is 1. The highest BCUT2D eigenvalue weighted by Crippen LogP contribution is 2.29. The molecular weight excluding hydrogens is 310 g/mol. The molecule has 1 saturated heterocycles. The van der Waals surface area contributed by atoms with Gasteiger partial charge in [-0.05, 0) is 37.8 Å². The lowest BCUT2D eigenvalue weighted by atomic mass is 10.1. The summed E-state index contributed by atoms with van der Waals surface area (Å²) in [4.78, 5) is 2.61. The molecule has 1 aliphatic rings. The Morgan fingerprint density at radius 1 is 1.30 bits per heavy atom. The summed E-state index contributed by atoms with van der Waals surface area (Å²) in [5, 5.41) is 0. The molecule has 1 aliphatic heterocycles. The van der Waals surface area contributed by atoms with Crippen molar-refractivity contribution in [1.29, 1.82) is 0 Å². The van der Waals surface area contributed by atoms with Crippen molar-refractivity contribution in [3.63, 3.8) is 0 Å². The van der Waals surface area contributed by atoms with Gasteiger partial charge in [-0.15, -0.1) is 0 Å². The van der Waals surface area contributed by atoms with Gasteiger partial charge in [-0.25, -0.2) is 0 Å². The standard InChI is InChI=1S/C18H26BrN/c1-2-3-4-8-12-17(19)18-13-9-14-20(18)15-16-10-6-5-7-11-16/h5-7,10-12,18H,2-4,8-9,13-15H2,1H3/b17-12+. The van der Waals surface area contributed by atoms with E-state index in [0.717, 1.165) is 6.54 Å². The van der Waals surface area contributed by atoms with Gasteiger partial charge in [0.25, 0.3) is 0 Å². The maximum absolute atomic E-state index is 3.83. The zero-order valence-corrected chi connectivity index (χ0v) is 14.1. The molecule has 1 unspecified atom stereocenters. The van der Waals surface area contributed by atoms with Crippen LogP contribution in [0.15, 0.2) is 40.9 Å². The molecule has 0 amide bonds. The summed E-state index contributed by atoms with van der Waals surface area (Å²) in [5.41, 5.74) is 1.42. The topological polar surface area (TPSA) is 3.24 Å². The number of nitrogens with zero attached hydrogens (tertiary/aromatic N) is 1. The van der Waals surface area contributed by atoms with Crippen molar-refractivity contribution in [3.05, 3.63) is 46.5 Å². The van der Waals surface area contributed by atoms with E-state index in [1.54, 1.807) is 0 Å². The van der Waals surface area contributed by atoms with E-state index in [2.05, 4.69) is 64.2 Å². The predicted molar refractivity (Wildman–Crippen MR) is 91.0 cm³/mol. The first kappa shape index (κ1) is 15.8. The minimum absolute atomic E-state index is 0.594. The summed E-state index contributed by atoms with van der Waals surface area (Å²) in [6, 6.07) is 11.4. The molecule has 2 rings (SSSR count). The number of benzene rings is 1. The van der Waals surface area contributed by atoms with Crippen LogP contribution in [0.2, 0.25) is 0 Å². The van der Waals surface area contributed by atoms with Gasteiger partial charge >= 0.3 is 0 Å². The largest absolute Gasteiger partial charge is 0.292 e. The van der Waals surface area contributed by atoms with Crippen molar-refractivity contribution >= 4 is 15.9 Å². The van der Waals surface area contributed by atoms with E-state index in [1.807, 2.05) is 0 Å². The summed E-state index contributed by atoms with van der Waals surface area (Å²) < 4.78 is 1.40. The molecule has 0 saturated carbocycles. The first-order chi connectivity index (χ1) is 9.81. The second-order valence-electron chi connectivity index (χ2n) is 5.70. The van der Waals surface area contributed by atoms with E-state index in [4.69, 9.17) is 0 Å². The number of likely N-dealkylation sites (tertiary alicyclic amines) is 1. The van der Waals surface area contributed by atoms with Crippen LogP contribution in [-0.2, 0) is 6.54 Å². The van der Waals surface area contributed by atoms with E-state index in [0.29, 0.717) is 6.04 Å². The van der Waals surface area contributed by atoms with Gasteiger partial charge in [-0.1, -0.05) is 72.1 Å². The second-order valence-corrected chi connectivity index (χ2v) is 6.61. The highest BCUT2D eigenvalue weighted by atomic mass is 79.9. The fourth-order valence-electron chi connectivity index (χ4n) is 2.92. The molecule has 0 spiro atoms. The molecule has 1 fully saturated rings. The Morgan fingerprint density at radius 2 is 2.10 bits per heavy atom. The highest BCUT2D eigenvalue weighted by Gasteiger charge is 2.26. The van der Waals surface area contributed by atoms with Crippen LogP contribution in [-0.4, -0.2) is 17.5 Å². The molecule has 1 aromatic carbocycles. The summed E-state index contributed by atoms with van der Waals surface area (Å²) in [7, 11) is 0. The van der Waals surface area contributed by atoms with Crippen LogP contribution in [0.3, 0.4) is 0 Å². The third-order valence-corrected chi connectivity index (χ3v) is 4.91. The molecule has 0 radical (unpaired) electrons. The zero-order valence-electron chi connectivity index (χ0n) is 12.5. The van der Waals surface area contributed by atoms with E-state index >= 15 is 0 Å². The molecule has 20 heavy (non-hydrogen) atoms. The van der Waals surface area contributed by atoms with Gasteiger partial charge in [0.05, 0.1) is 0 Å². The molecule has 1 heterocycles. The molecular formula is C18H26BrN. The average Bonchev–Trinajstić information content (AvgIpc) is 2.93. The first-order valence-corrected chi connectivity index (χ1v) is 8.74. The maximum atomic E-state index is 3.83.